The third-order valence-corrected chi connectivity index (χ3v) is 2.96. The van der Waals surface area contributed by atoms with Crippen LogP contribution in [0.5, 0.6) is 0 Å². The van der Waals surface area contributed by atoms with Gasteiger partial charge in [0.25, 0.3) is 23.6 Å². The number of nitrogens with zero attached hydrogens (tertiary/aromatic N) is 2. The lowest BCUT2D eigenvalue weighted by Gasteiger charge is -2.18. The lowest BCUT2D eigenvalue weighted by Crippen LogP contribution is -2.31. The van der Waals surface area contributed by atoms with E-state index in [1.165, 1.54) is 30.4 Å². The summed E-state index contributed by atoms with van der Waals surface area (Å²) in [6, 6.07) is 6.14. The normalized spacial score (nSPS) is 16.4. The SMILES string of the molecule is C=C.O=C1C=CC(=O)N1c1cccc(N2C(=O)C=CC2=O)c1. The Morgan fingerprint density at radius 1 is 0.636 bits per heavy atom. The second-order valence-corrected chi connectivity index (χ2v) is 4.21. The topological polar surface area (TPSA) is 74.8 Å². The molecule has 0 aliphatic carbocycles. The van der Waals surface area contributed by atoms with E-state index in [-0.39, 0.29) is 0 Å². The summed E-state index contributed by atoms with van der Waals surface area (Å²) in [5.41, 5.74) is 0.630. The van der Waals surface area contributed by atoms with Crippen LogP contribution in [-0.4, -0.2) is 23.6 Å². The molecule has 6 nitrogen and oxygen atoms in total. The van der Waals surface area contributed by atoms with Gasteiger partial charge in [-0.1, -0.05) is 6.07 Å². The van der Waals surface area contributed by atoms with Crippen molar-refractivity contribution >= 4 is 35.0 Å². The van der Waals surface area contributed by atoms with Gasteiger partial charge in [-0.3, -0.25) is 19.2 Å². The van der Waals surface area contributed by atoms with E-state index in [1.807, 2.05) is 0 Å². The lowest BCUT2D eigenvalue weighted by molar-refractivity contribution is -0.121. The van der Waals surface area contributed by atoms with E-state index >= 15 is 0 Å². The fraction of sp³-hybridized carbons (Fsp3) is 0. The smallest absolute Gasteiger partial charge is 0.258 e. The van der Waals surface area contributed by atoms with Crippen LogP contribution in [0.1, 0.15) is 0 Å². The van der Waals surface area contributed by atoms with Crippen molar-refractivity contribution < 1.29 is 19.2 Å². The maximum absolute atomic E-state index is 11.6. The molecule has 0 fully saturated rings. The van der Waals surface area contributed by atoms with E-state index < -0.39 is 23.6 Å². The van der Waals surface area contributed by atoms with Crippen molar-refractivity contribution in [3.05, 3.63) is 61.7 Å². The van der Waals surface area contributed by atoms with Crippen LogP contribution in [0, 0.1) is 0 Å². The number of hydrogen-bond donors (Lipinski definition) is 0. The summed E-state index contributed by atoms with van der Waals surface area (Å²) in [5.74, 6) is -1.82. The van der Waals surface area contributed by atoms with Crippen molar-refractivity contribution in [3.8, 4) is 0 Å². The number of carbonyl (C=O) groups is 4. The van der Waals surface area contributed by atoms with Crippen molar-refractivity contribution in [1.29, 1.82) is 0 Å². The highest BCUT2D eigenvalue weighted by molar-refractivity contribution is 6.30. The average molecular weight is 296 g/mol. The van der Waals surface area contributed by atoms with Crippen molar-refractivity contribution in [3.63, 3.8) is 0 Å². The summed E-state index contributed by atoms with van der Waals surface area (Å²) in [7, 11) is 0. The molecule has 0 aromatic heterocycles. The van der Waals surface area contributed by atoms with Gasteiger partial charge in [-0.25, -0.2) is 9.80 Å². The van der Waals surface area contributed by atoms with Crippen molar-refractivity contribution in [2.45, 2.75) is 0 Å². The van der Waals surface area contributed by atoms with Crippen LogP contribution in [-0.2, 0) is 19.2 Å². The highest BCUT2D eigenvalue weighted by atomic mass is 16.2. The maximum Gasteiger partial charge on any atom is 0.258 e. The van der Waals surface area contributed by atoms with Gasteiger partial charge < -0.3 is 0 Å². The molecular formula is C16H12N2O4. The zero-order valence-electron chi connectivity index (χ0n) is 11.6. The molecule has 2 aliphatic heterocycles. The predicted octanol–water partition coefficient (Wildman–Crippen LogP) is 1.35. The minimum atomic E-state index is -0.454. The molecule has 0 saturated heterocycles. The Morgan fingerprint density at radius 2 is 0.955 bits per heavy atom. The first kappa shape index (κ1) is 15.1. The van der Waals surface area contributed by atoms with Crippen LogP contribution in [0.15, 0.2) is 61.7 Å². The summed E-state index contributed by atoms with van der Waals surface area (Å²) < 4.78 is 0. The van der Waals surface area contributed by atoms with Crippen molar-refractivity contribution in [1.82, 2.24) is 0 Å². The van der Waals surface area contributed by atoms with E-state index in [2.05, 4.69) is 13.2 Å². The summed E-state index contributed by atoms with van der Waals surface area (Å²) in [6.45, 7) is 6.00. The standard InChI is InChI=1S/C14H8N2O4.C2H4/c17-11-4-5-12(18)15(11)9-2-1-3-10(8-9)16-13(19)6-7-14(16)20;1-2/h1-8H;1-2H2. The first-order chi connectivity index (χ1) is 10.6. The van der Waals surface area contributed by atoms with E-state index in [1.54, 1.807) is 18.2 Å². The molecule has 2 heterocycles. The van der Waals surface area contributed by atoms with Crippen LogP contribution >= 0.6 is 0 Å². The number of carbonyl (C=O) groups excluding carboxylic acids is 4. The van der Waals surface area contributed by atoms with Crippen LogP contribution < -0.4 is 9.80 Å². The molecule has 0 radical (unpaired) electrons. The monoisotopic (exact) mass is 296 g/mol. The van der Waals surface area contributed by atoms with E-state index in [0.717, 1.165) is 9.80 Å². The second-order valence-electron chi connectivity index (χ2n) is 4.21. The van der Waals surface area contributed by atoms with Gasteiger partial charge in [0.2, 0.25) is 0 Å². The number of hydrogen-bond acceptors (Lipinski definition) is 4. The van der Waals surface area contributed by atoms with Crippen LogP contribution in [0.4, 0.5) is 11.4 Å². The lowest BCUT2D eigenvalue weighted by atomic mass is 10.2. The minimum absolute atomic E-state index is 0.315. The molecule has 0 saturated carbocycles. The Balaban J connectivity index is 0.000000847. The number of anilines is 2. The van der Waals surface area contributed by atoms with Gasteiger partial charge in [0.1, 0.15) is 0 Å². The third kappa shape index (κ3) is 2.49. The summed E-state index contributed by atoms with van der Waals surface area (Å²) in [4.78, 5) is 48.4. The van der Waals surface area contributed by atoms with Gasteiger partial charge in [-0.15, -0.1) is 13.2 Å². The Labute approximate surface area is 126 Å². The molecule has 0 unspecified atom stereocenters. The molecule has 0 atom stereocenters. The molecule has 4 amide bonds. The first-order valence-electron chi connectivity index (χ1n) is 6.30. The Kier molecular flexibility index (Phi) is 4.13. The molecule has 1 aromatic rings. The van der Waals surface area contributed by atoms with Gasteiger partial charge in [0.05, 0.1) is 11.4 Å². The van der Waals surface area contributed by atoms with Gasteiger partial charge >= 0.3 is 0 Å². The number of rotatable bonds is 2. The molecule has 0 N–H and O–H groups in total. The van der Waals surface area contributed by atoms with Crippen LogP contribution in [0.2, 0.25) is 0 Å². The molecule has 2 aliphatic rings. The summed E-state index contributed by atoms with van der Waals surface area (Å²) in [5, 5.41) is 0. The van der Waals surface area contributed by atoms with Gasteiger partial charge in [0.15, 0.2) is 0 Å². The Morgan fingerprint density at radius 3 is 1.27 bits per heavy atom. The molecule has 3 rings (SSSR count). The first-order valence-corrected chi connectivity index (χ1v) is 6.30. The number of imide groups is 2. The van der Waals surface area contributed by atoms with Crippen molar-refractivity contribution in [2.24, 2.45) is 0 Å². The van der Waals surface area contributed by atoms with E-state index in [4.69, 9.17) is 0 Å². The quantitative estimate of drug-likeness (QED) is 0.610. The molecule has 0 spiro atoms. The highest BCUT2D eigenvalue weighted by Crippen LogP contribution is 2.26. The Bertz CT molecular complexity index is 640. The van der Waals surface area contributed by atoms with Crippen molar-refractivity contribution in [2.75, 3.05) is 9.80 Å². The zero-order chi connectivity index (χ0) is 16.3. The number of amides is 4. The summed E-state index contributed by atoms with van der Waals surface area (Å²) >= 11 is 0. The van der Waals surface area contributed by atoms with E-state index in [9.17, 15) is 19.2 Å². The minimum Gasteiger partial charge on any atom is -0.269 e. The predicted molar refractivity (Wildman–Crippen MR) is 81.0 cm³/mol. The fourth-order valence-electron chi connectivity index (χ4n) is 2.08. The molecule has 6 heteroatoms. The second kappa shape index (κ2) is 6.01. The molecular weight excluding hydrogens is 284 g/mol. The van der Waals surface area contributed by atoms with Crippen LogP contribution in [0.25, 0.3) is 0 Å². The highest BCUT2D eigenvalue weighted by Gasteiger charge is 2.28. The van der Waals surface area contributed by atoms with Crippen LogP contribution in [0.3, 0.4) is 0 Å². The zero-order valence-corrected chi connectivity index (χ0v) is 11.6. The average Bonchev–Trinajstić information content (AvgIpc) is 3.03. The third-order valence-electron chi connectivity index (χ3n) is 2.96. The molecule has 0 bridgehead atoms. The van der Waals surface area contributed by atoms with Gasteiger partial charge in [-0.2, -0.15) is 0 Å². The largest absolute Gasteiger partial charge is 0.269 e. The molecule has 22 heavy (non-hydrogen) atoms. The van der Waals surface area contributed by atoms with Gasteiger partial charge in [-0.05, 0) is 18.2 Å². The maximum atomic E-state index is 11.6. The fourth-order valence-corrected chi connectivity index (χ4v) is 2.08. The number of benzene rings is 1. The van der Waals surface area contributed by atoms with E-state index in [0.29, 0.717) is 11.4 Å². The molecule has 110 valence electrons. The summed E-state index contributed by atoms with van der Waals surface area (Å²) in [6.07, 6.45) is 4.68. The molecule has 1 aromatic carbocycles. The van der Waals surface area contributed by atoms with Gasteiger partial charge in [0, 0.05) is 24.3 Å². The Hall–Kier alpha value is -3.28.